The molecule has 0 aromatic rings. The van der Waals surface area contributed by atoms with Crippen molar-refractivity contribution in [2.45, 2.75) is 386 Å². The Balaban J connectivity index is 3.99. The van der Waals surface area contributed by atoms with E-state index in [9.17, 15) is 19.5 Å². The molecule has 520 valence electrons. The molecule has 9 heteroatoms. The second-order valence-corrected chi connectivity index (χ2v) is 27.3. The number of carboxylic acids is 1. The maximum Gasteiger partial charge on any atom is 0.361 e. The highest BCUT2D eigenvalue weighted by atomic mass is 16.7. The molecule has 0 fully saturated rings. The Bertz CT molecular complexity index is 1650. The molecule has 0 radical (unpaired) electrons. The van der Waals surface area contributed by atoms with Gasteiger partial charge in [0.05, 0.1) is 34.4 Å². The van der Waals surface area contributed by atoms with Crippen molar-refractivity contribution in [3.8, 4) is 0 Å². The molecule has 0 aliphatic rings. The topological polar surface area (TPSA) is 108 Å². The van der Waals surface area contributed by atoms with Crippen LogP contribution in [0, 0.1) is 0 Å². The molecule has 0 aromatic heterocycles. The van der Waals surface area contributed by atoms with E-state index in [1.54, 1.807) is 0 Å². The lowest BCUT2D eigenvalue weighted by molar-refractivity contribution is -0.870. The summed E-state index contributed by atoms with van der Waals surface area (Å²) >= 11 is 0. The zero-order valence-corrected chi connectivity index (χ0v) is 59.6. The van der Waals surface area contributed by atoms with Crippen LogP contribution in [0.3, 0.4) is 0 Å². The van der Waals surface area contributed by atoms with E-state index >= 15 is 0 Å². The SMILES string of the molecule is CC/C=C\C/C=C\C/C=C\C/C=C\C/C=C\CCCCCCCCCCCCCCCCCCCCCCCC(=O)OC(COC(=O)CCCCCCCCCCCCCCCCCCCCCCCCCCCCC)COC(OCC[N+](C)(C)C)C(=O)O. The molecule has 0 heterocycles. The van der Waals surface area contributed by atoms with Gasteiger partial charge in [0.2, 0.25) is 0 Å². The number of quaternary nitrogens is 1. The Labute approximate surface area is 552 Å². The standard InChI is InChI=1S/C80H147NO8/c1-6-8-10-12-14-16-18-20-22-24-26-28-30-32-34-35-36-37-38-39-40-41-42-43-45-47-49-51-53-55-57-59-61-63-65-67-69-71-78(83)89-76(75-88-80(79(84)85)86-73-72-81(3,4)5)74-87-77(82)70-68-66-64-62-60-58-56-54-52-50-48-46-44-33-31-29-27-25-23-21-19-17-15-13-11-9-7-2/h8,10,14,16,20,22,26,28,32,34,76,80H,6-7,9,11-13,15,17-19,21,23-25,27,29-31,33,35-75H2,1-5H3/p+1/b10-8-,16-14-,22-20-,28-26-,34-32-. The van der Waals surface area contributed by atoms with Gasteiger partial charge in [-0.2, -0.15) is 0 Å². The van der Waals surface area contributed by atoms with Gasteiger partial charge in [0.1, 0.15) is 13.2 Å². The van der Waals surface area contributed by atoms with E-state index in [0.29, 0.717) is 17.4 Å². The molecule has 1 N–H and O–H groups in total. The van der Waals surface area contributed by atoms with Crippen molar-refractivity contribution in [1.82, 2.24) is 0 Å². The number of hydrogen-bond donors (Lipinski definition) is 1. The molecular weight excluding hydrogens is 1100 g/mol. The molecule has 0 aliphatic carbocycles. The average molecular weight is 1250 g/mol. The van der Waals surface area contributed by atoms with Gasteiger partial charge in [-0.15, -0.1) is 0 Å². The molecule has 89 heavy (non-hydrogen) atoms. The number of unbranched alkanes of at least 4 members (excludes halogenated alkanes) is 47. The van der Waals surface area contributed by atoms with Gasteiger partial charge >= 0.3 is 17.9 Å². The third kappa shape index (κ3) is 72.3. The number of ether oxygens (including phenoxy) is 4. The Morgan fingerprint density at radius 2 is 0.640 bits per heavy atom. The van der Waals surface area contributed by atoms with E-state index in [1.807, 2.05) is 21.1 Å². The third-order valence-electron chi connectivity index (χ3n) is 17.3. The van der Waals surface area contributed by atoms with Crippen LogP contribution in [0.25, 0.3) is 0 Å². The smallest absolute Gasteiger partial charge is 0.361 e. The summed E-state index contributed by atoms with van der Waals surface area (Å²) in [5, 5.41) is 9.76. The number of carbonyl (C=O) groups is 3. The fourth-order valence-electron chi connectivity index (χ4n) is 11.5. The number of aliphatic carboxylic acids is 1. The lowest BCUT2D eigenvalue weighted by Gasteiger charge is -2.25. The minimum Gasteiger partial charge on any atom is -0.477 e. The number of carboxylic acid groups (broad SMARTS) is 1. The van der Waals surface area contributed by atoms with Crippen molar-refractivity contribution < 1.29 is 42.9 Å². The van der Waals surface area contributed by atoms with Crippen molar-refractivity contribution in [3.63, 3.8) is 0 Å². The van der Waals surface area contributed by atoms with Crippen LogP contribution >= 0.6 is 0 Å². The first kappa shape index (κ1) is 86.0. The fraction of sp³-hybridized carbons (Fsp3) is 0.838. The summed E-state index contributed by atoms with van der Waals surface area (Å²) in [5.41, 5.74) is 0. The molecule has 0 saturated carbocycles. The summed E-state index contributed by atoms with van der Waals surface area (Å²) in [4.78, 5) is 37.7. The number of carbonyl (C=O) groups excluding carboxylic acids is 2. The van der Waals surface area contributed by atoms with Gasteiger partial charge in [-0.1, -0.05) is 364 Å². The van der Waals surface area contributed by atoms with Crippen LogP contribution in [0.4, 0.5) is 0 Å². The lowest BCUT2D eigenvalue weighted by atomic mass is 10.0. The fourth-order valence-corrected chi connectivity index (χ4v) is 11.5. The lowest BCUT2D eigenvalue weighted by Crippen LogP contribution is -2.40. The highest BCUT2D eigenvalue weighted by Gasteiger charge is 2.25. The second-order valence-electron chi connectivity index (χ2n) is 27.3. The molecule has 0 bridgehead atoms. The van der Waals surface area contributed by atoms with Crippen LogP contribution in [0.15, 0.2) is 60.8 Å². The quantitative estimate of drug-likeness (QED) is 0.0211. The molecule has 2 unspecified atom stereocenters. The summed E-state index contributed by atoms with van der Waals surface area (Å²) in [6.45, 7) is 4.84. The predicted molar refractivity (Wildman–Crippen MR) is 383 cm³/mol. The number of hydrogen-bond acceptors (Lipinski definition) is 7. The predicted octanol–water partition coefficient (Wildman–Crippen LogP) is 24.3. The first-order valence-electron chi connectivity index (χ1n) is 38.5. The van der Waals surface area contributed by atoms with Gasteiger partial charge in [0.15, 0.2) is 6.10 Å². The van der Waals surface area contributed by atoms with Gasteiger partial charge in [-0.05, 0) is 57.8 Å². The number of nitrogens with zero attached hydrogens (tertiary/aromatic N) is 1. The van der Waals surface area contributed by atoms with Gasteiger partial charge in [0.25, 0.3) is 6.29 Å². The minimum atomic E-state index is -1.51. The molecule has 0 spiro atoms. The van der Waals surface area contributed by atoms with Gasteiger partial charge < -0.3 is 28.5 Å². The van der Waals surface area contributed by atoms with Crippen molar-refractivity contribution in [1.29, 1.82) is 0 Å². The zero-order valence-electron chi connectivity index (χ0n) is 59.6. The van der Waals surface area contributed by atoms with Crippen LogP contribution in [0.1, 0.15) is 373 Å². The monoisotopic (exact) mass is 1250 g/mol. The van der Waals surface area contributed by atoms with E-state index < -0.39 is 18.4 Å². The Morgan fingerprint density at radius 3 is 0.955 bits per heavy atom. The number of likely N-dealkylation sites (N-methyl/N-ethyl adjacent to an activating group) is 1. The van der Waals surface area contributed by atoms with Crippen molar-refractivity contribution >= 4 is 17.9 Å². The average Bonchev–Trinajstić information content (AvgIpc) is 3.70. The van der Waals surface area contributed by atoms with Crippen LogP contribution < -0.4 is 0 Å². The largest absolute Gasteiger partial charge is 0.477 e. The van der Waals surface area contributed by atoms with Gasteiger partial charge in [-0.3, -0.25) is 9.59 Å². The van der Waals surface area contributed by atoms with Crippen LogP contribution in [0.5, 0.6) is 0 Å². The van der Waals surface area contributed by atoms with E-state index in [0.717, 1.165) is 70.6 Å². The molecule has 0 saturated heterocycles. The van der Waals surface area contributed by atoms with E-state index in [4.69, 9.17) is 18.9 Å². The second kappa shape index (κ2) is 70.9. The highest BCUT2D eigenvalue weighted by molar-refractivity contribution is 5.71. The van der Waals surface area contributed by atoms with E-state index in [2.05, 4.69) is 74.6 Å². The molecule has 0 aromatic carbocycles. The summed E-state index contributed by atoms with van der Waals surface area (Å²) in [6, 6.07) is 0. The zero-order chi connectivity index (χ0) is 64.7. The first-order chi connectivity index (χ1) is 43.6. The molecule has 9 nitrogen and oxygen atoms in total. The minimum absolute atomic E-state index is 0.176. The molecule has 0 aliphatic heterocycles. The van der Waals surface area contributed by atoms with Gasteiger partial charge in [-0.25, -0.2) is 4.79 Å². The molecule has 0 amide bonds. The van der Waals surface area contributed by atoms with Crippen molar-refractivity contribution in [2.75, 3.05) is 47.5 Å². The Morgan fingerprint density at radius 1 is 0.348 bits per heavy atom. The molecular formula is C80H148NO8+. The van der Waals surface area contributed by atoms with Crippen LogP contribution in [-0.2, 0) is 33.3 Å². The van der Waals surface area contributed by atoms with Gasteiger partial charge in [0, 0.05) is 12.8 Å². The summed E-state index contributed by atoms with van der Waals surface area (Å²) in [7, 11) is 5.99. The Hall–Kier alpha value is -3.01. The number of allylic oxidation sites excluding steroid dienone is 10. The van der Waals surface area contributed by atoms with Crippen molar-refractivity contribution in [2.24, 2.45) is 0 Å². The molecule has 0 rings (SSSR count). The summed E-state index contributed by atoms with van der Waals surface area (Å²) in [5.74, 6) is -1.97. The maximum absolute atomic E-state index is 13.0. The van der Waals surface area contributed by atoms with Crippen LogP contribution in [-0.4, -0.2) is 87.4 Å². The Kier molecular flexibility index (Phi) is 68.5. The summed E-state index contributed by atoms with van der Waals surface area (Å²) < 4.78 is 23.0. The van der Waals surface area contributed by atoms with Crippen molar-refractivity contribution in [3.05, 3.63) is 60.8 Å². The third-order valence-corrected chi connectivity index (χ3v) is 17.3. The summed E-state index contributed by atoms with van der Waals surface area (Å²) in [6.07, 6.45) is 90.8. The van der Waals surface area contributed by atoms with E-state index in [1.165, 1.54) is 276 Å². The van der Waals surface area contributed by atoms with E-state index in [-0.39, 0.29) is 38.2 Å². The first-order valence-corrected chi connectivity index (χ1v) is 38.5. The number of esters is 2. The normalized spacial score (nSPS) is 13.0. The number of rotatable bonds is 72. The maximum atomic E-state index is 13.0. The van der Waals surface area contributed by atoms with Crippen LogP contribution in [0.2, 0.25) is 0 Å². The molecule has 2 atom stereocenters. The highest BCUT2D eigenvalue weighted by Crippen LogP contribution is 2.19.